The molecule has 0 fully saturated rings. The van der Waals surface area contributed by atoms with Gasteiger partial charge in [0.25, 0.3) is 5.69 Å². The highest BCUT2D eigenvalue weighted by Gasteiger charge is 2.17. The first-order valence-corrected chi connectivity index (χ1v) is 5.00. The molecule has 0 bridgehead atoms. The number of aromatic nitrogens is 2. The molecule has 7 nitrogen and oxygen atoms in total. The molecule has 18 heavy (non-hydrogen) atoms. The second-order valence-electron chi connectivity index (χ2n) is 3.46. The lowest BCUT2D eigenvalue weighted by atomic mass is 10.1. The van der Waals surface area contributed by atoms with E-state index in [0.717, 1.165) is 0 Å². The first-order valence-electron chi connectivity index (χ1n) is 5.00. The molecule has 1 heterocycles. The number of carbonyl (C=O) groups excluding carboxylic acids is 1. The zero-order valence-corrected chi connectivity index (χ0v) is 9.41. The summed E-state index contributed by atoms with van der Waals surface area (Å²) in [6.45, 7) is 0. The zero-order valence-electron chi connectivity index (χ0n) is 9.41. The molecule has 1 aromatic carbocycles. The molecule has 0 spiro atoms. The van der Waals surface area contributed by atoms with Crippen molar-refractivity contribution in [3.05, 3.63) is 46.1 Å². The second-order valence-corrected chi connectivity index (χ2v) is 3.46. The zero-order chi connectivity index (χ0) is 13.1. The van der Waals surface area contributed by atoms with E-state index in [2.05, 4.69) is 14.9 Å². The number of nitrogens with zero attached hydrogens (tertiary/aromatic N) is 2. The number of H-pyrrole nitrogens is 1. The molecule has 0 aliphatic carbocycles. The minimum absolute atomic E-state index is 0.0575. The summed E-state index contributed by atoms with van der Waals surface area (Å²) in [7, 11) is 1.26. The van der Waals surface area contributed by atoms with E-state index in [4.69, 9.17) is 0 Å². The summed E-state index contributed by atoms with van der Waals surface area (Å²) in [6.07, 6.45) is 1.32. The van der Waals surface area contributed by atoms with Crippen LogP contribution in [-0.2, 0) is 4.74 Å². The highest BCUT2D eigenvalue weighted by molar-refractivity contribution is 5.95. The summed E-state index contributed by atoms with van der Waals surface area (Å²) in [4.78, 5) is 21.7. The van der Waals surface area contributed by atoms with Crippen LogP contribution in [0.25, 0.3) is 11.3 Å². The van der Waals surface area contributed by atoms with E-state index in [-0.39, 0.29) is 11.3 Å². The molecule has 0 unspecified atom stereocenters. The van der Waals surface area contributed by atoms with Gasteiger partial charge in [0, 0.05) is 17.7 Å². The van der Waals surface area contributed by atoms with Gasteiger partial charge in [-0.1, -0.05) is 12.1 Å². The molecule has 0 saturated heterocycles. The third-order valence-electron chi connectivity index (χ3n) is 2.39. The molecule has 0 amide bonds. The number of nitro benzene ring substituents is 1. The van der Waals surface area contributed by atoms with Crippen LogP contribution < -0.4 is 0 Å². The SMILES string of the molecule is COC(=O)c1cn[nH]c1-c1cccc([N+](=O)[O-])c1. The Balaban J connectivity index is 2.49. The van der Waals surface area contributed by atoms with Crippen molar-refractivity contribution in [3.63, 3.8) is 0 Å². The lowest BCUT2D eigenvalue weighted by Gasteiger charge is -2.01. The Bertz CT molecular complexity index is 606. The van der Waals surface area contributed by atoms with Crippen molar-refractivity contribution in [1.29, 1.82) is 0 Å². The summed E-state index contributed by atoms with van der Waals surface area (Å²) in [6, 6.07) is 5.92. The summed E-state index contributed by atoms with van der Waals surface area (Å²) in [5, 5.41) is 17.1. The van der Waals surface area contributed by atoms with Gasteiger partial charge in [0.2, 0.25) is 0 Å². The number of nitrogens with one attached hydrogen (secondary N) is 1. The van der Waals surface area contributed by atoms with Gasteiger partial charge in [-0.05, 0) is 0 Å². The molecule has 7 heteroatoms. The topological polar surface area (TPSA) is 98.1 Å². The van der Waals surface area contributed by atoms with Gasteiger partial charge in [-0.15, -0.1) is 0 Å². The quantitative estimate of drug-likeness (QED) is 0.506. The van der Waals surface area contributed by atoms with Crippen LogP contribution in [0.3, 0.4) is 0 Å². The minimum atomic E-state index is -0.551. The monoisotopic (exact) mass is 247 g/mol. The number of methoxy groups -OCH3 is 1. The van der Waals surface area contributed by atoms with Gasteiger partial charge in [0.1, 0.15) is 5.56 Å². The summed E-state index contributed by atoms with van der Waals surface area (Å²) in [5.74, 6) is -0.551. The van der Waals surface area contributed by atoms with Gasteiger partial charge in [0.05, 0.1) is 23.9 Å². The Labute approximate surface area is 102 Å². The standard InChI is InChI=1S/C11H9N3O4/c1-18-11(15)9-6-12-13-10(9)7-3-2-4-8(5-7)14(16)17/h2-6H,1H3,(H,12,13). The van der Waals surface area contributed by atoms with Crippen LogP contribution in [0.1, 0.15) is 10.4 Å². The Morgan fingerprint density at radius 2 is 2.28 bits per heavy atom. The average molecular weight is 247 g/mol. The average Bonchev–Trinajstić information content (AvgIpc) is 2.87. The third kappa shape index (κ3) is 2.05. The number of benzene rings is 1. The van der Waals surface area contributed by atoms with Crippen molar-refractivity contribution in [3.8, 4) is 11.3 Å². The van der Waals surface area contributed by atoms with Gasteiger partial charge in [-0.25, -0.2) is 4.79 Å². The summed E-state index contributed by atoms with van der Waals surface area (Å²) < 4.78 is 4.60. The van der Waals surface area contributed by atoms with Crippen LogP contribution in [-0.4, -0.2) is 28.2 Å². The second kappa shape index (κ2) is 4.66. The molecule has 0 saturated carbocycles. The van der Waals surface area contributed by atoms with Crippen LogP contribution in [0.15, 0.2) is 30.5 Å². The van der Waals surface area contributed by atoms with Gasteiger partial charge in [-0.2, -0.15) is 5.10 Å². The van der Waals surface area contributed by atoms with Crippen molar-refractivity contribution in [1.82, 2.24) is 10.2 Å². The van der Waals surface area contributed by atoms with Crippen LogP contribution in [0.4, 0.5) is 5.69 Å². The smallest absolute Gasteiger partial charge is 0.341 e. The fourth-order valence-electron chi connectivity index (χ4n) is 1.55. The minimum Gasteiger partial charge on any atom is -0.465 e. The van der Waals surface area contributed by atoms with E-state index < -0.39 is 10.9 Å². The maximum atomic E-state index is 11.5. The van der Waals surface area contributed by atoms with Gasteiger partial charge < -0.3 is 4.74 Å². The number of aromatic amines is 1. The van der Waals surface area contributed by atoms with E-state index in [1.54, 1.807) is 6.07 Å². The largest absolute Gasteiger partial charge is 0.465 e. The predicted octanol–water partition coefficient (Wildman–Crippen LogP) is 1.77. The van der Waals surface area contributed by atoms with E-state index in [9.17, 15) is 14.9 Å². The first kappa shape index (κ1) is 11.8. The fourth-order valence-corrected chi connectivity index (χ4v) is 1.55. The highest BCUT2D eigenvalue weighted by atomic mass is 16.6. The predicted molar refractivity (Wildman–Crippen MR) is 62.0 cm³/mol. The summed E-state index contributed by atoms with van der Waals surface area (Å²) >= 11 is 0. The van der Waals surface area contributed by atoms with Crippen molar-refractivity contribution < 1.29 is 14.5 Å². The lowest BCUT2D eigenvalue weighted by molar-refractivity contribution is -0.384. The Hall–Kier alpha value is -2.70. The first-order chi connectivity index (χ1) is 8.63. The van der Waals surface area contributed by atoms with Crippen LogP contribution in [0.5, 0.6) is 0 Å². The number of hydrogen-bond donors (Lipinski definition) is 1. The van der Waals surface area contributed by atoms with Gasteiger partial charge in [-0.3, -0.25) is 15.2 Å². The Kier molecular flexibility index (Phi) is 3.05. The number of nitro groups is 1. The number of carbonyl (C=O) groups is 1. The molecule has 1 aromatic heterocycles. The van der Waals surface area contributed by atoms with Crippen molar-refractivity contribution in [2.24, 2.45) is 0 Å². The van der Waals surface area contributed by atoms with Crippen LogP contribution in [0.2, 0.25) is 0 Å². The van der Waals surface area contributed by atoms with Crippen molar-refractivity contribution in [2.75, 3.05) is 7.11 Å². The molecule has 0 aliphatic heterocycles. The lowest BCUT2D eigenvalue weighted by Crippen LogP contribution is -2.01. The molecule has 0 atom stereocenters. The molecule has 2 aromatic rings. The molecule has 0 radical (unpaired) electrons. The molecule has 1 N–H and O–H groups in total. The molecular weight excluding hydrogens is 238 g/mol. The maximum absolute atomic E-state index is 11.5. The number of non-ortho nitro benzene ring substituents is 1. The third-order valence-corrected chi connectivity index (χ3v) is 2.39. The number of esters is 1. The molecule has 2 rings (SSSR count). The Morgan fingerprint density at radius 3 is 2.94 bits per heavy atom. The fraction of sp³-hybridized carbons (Fsp3) is 0.0909. The number of rotatable bonds is 3. The Morgan fingerprint density at radius 1 is 1.50 bits per heavy atom. The van der Waals surface area contributed by atoms with Gasteiger partial charge in [0.15, 0.2) is 0 Å². The van der Waals surface area contributed by atoms with E-state index in [1.807, 2.05) is 0 Å². The van der Waals surface area contributed by atoms with Gasteiger partial charge >= 0.3 is 5.97 Å². The van der Waals surface area contributed by atoms with Crippen molar-refractivity contribution in [2.45, 2.75) is 0 Å². The van der Waals surface area contributed by atoms with Crippen molar-refractivity contribution >= 4 is 11.7 Å². The normalized spacial score (nSPS) is 10.1. The van der Waals surface area contributed by atoms with E-state index in [0.29, 0.717) is 11.3 Å². The summed E-state index contributed by atoms with van der Waals surface area (Å²) in [5.41, 5.74) is 1.07. The molecule has 92 valence electrons. The van der Waals surface area contributed by atoms with E-state index in [1.165, 1.54) is 31.5 Å². The van der Waals surface area contributed by atoms with E-state index >= 15 is 0 Å². The van der Waals surface area contributed by atoms with Crippen LogP contribution >= 0.6 is 0 Å². The number of hydrogen-bond acceptors (Lipinski definition) is 5. The molecular formula is C11H9N3O4. The molecule has 0 aliphatic rings. The maximum Gasteiger partial charge on any atom is 0.341 e. The van der Waals surface area contributed by atoms with Crippen LogP contribution in [0, 0.1) is 10.1 Å². The highest BCUT2D eigenvalue weighted by Crippen LogP contribution is 2.25. The number of ether oxygens (including phenoxy) is 1.